The van der Waals surface area contributed by atoms with Crippen molar-refractivity contribution in [1.82, 2.24) is 0 Å². The van der Waals surface area contributed by atoms with Gasteiger partial charge in [0.15, 0.2) is 0 Å². The molecule has 1 nitrogen and oxygen atoms in total. The minimum Gasteiger partial charge on any atom is -0.456 e. The Morgan fingerprint density at radius 1 is 0.941 bits per heavy atom. The van der Waals surface area contributed by atoms with Crippen LogP contribution in [0.5, 0.6) is 0 Å². The number of fused-ring (bicyclic) bond motifs is 3. The fourth-order valence-electron chi connectivity index (χ4n) is 2.37. The Morgan fingerprint density at radius 3 is 2.53 bits per heavy atom. The van der Waals surface area contributed by atoms with Crippen molar-refractivity contribution in [3.05, 3.63) is 48.0 Å². The van der Waals surface area contributed by atoms with E-state index in [9.17, 15) is 0 Å². The fraction of sp³-hybridized carbons (Fsp3) is 0.250. The first-order chi connectivity index (χ1) is 8.24. The van der Waals surface area contributed by atoms with Crippen LogP contribution in [0.25, 0.3) is 21.9 Å². The zero-order chi connectivity index (χ0) is 11.8. The van der Waals surface area contributed by atoms with Crippen LogP contribution in [0.1, 0.15) is 19.4 Å². The van der Waals surface area contributed by atoms with E-state index in [0.717, 1.165) is 17.6 Å². The van der Waals surface area contributed by atoms with E-state index >= 15 is 0 Å². The number of hydrogen-bond acceptors (Lipinski definition) is 1. The van der Waals surface area contributed by atoms with Crippen LogP contribution in [-0.2, 0) is 6.42 Å². The number of para-hydroxylation sites is 1. The van der Waals surface area contributed by atoms with Gasteiger partial charge in [0.05, 0.1) is 0 Å². The van der Waals surface area contributed by atoms with E-state index in [0.29, 0.717) is 5.92 Å². The molecule has 0 aliphatic carbocycles. The van der Waals surface area contributed by atoms with E-state index in [4.69, 9.17) is 4.42 Å². The lowest BCUT2D eigenvalue weighted by molar-refractivity contribution is 0.642. The molecule has 17 heavy (non-hydrogen) atoms. The van der Waals surface area contributed by atoms with Gasteiger partial charge in [-0.15, -0.1) is 0 Å². The average molecular weight is 224 g/mol. The molecule has 1 heterocycles. The lowest BCUT2D eigenvalue weighted by atomic mass is 10.0. The van der Waals surface area contributed by atoms with Crippen LogP contribution in [0.3, 0.4) is 0 Å². The highest BCUT2D eigenvalue weighted by molar-refractivity contribution is 6.04. The second-order valence-corrected chi connectivity index (χ2v) is 5.03. The summed E-state index contributed by atoms with van der Waals surface area (Å²) in [6.07, 6.45) is 1.10. The summed E-state index contributed by atoms with van der Waals surface area (Å²) in [5.74, 6) is 0.678. The lowest BCUT2D eigenvalue weighted by Crippen LogP contribution is -1.92. The second kappa shape index (κ2) is 3.92. The Kier molecular flexibility index (Phi) is 2.40. The summed E-state index contributed by atoms with van der Waals surface area (Å²) < 4.78 is 5.87. The van der Waals surface area contributed by atoms with Gasteiger partial charge in [-0.1, -0.05) is 44.2 Å². The van der Waals surface area contributed by atoms with Gasteiger partial charge in [-0.05, 0) is 30.0 Å². The van der Waals surface area contributed by atoms with Crippen molar-refractivity contribution in [2.24, 2.45) is 5.92 Å². The van der Waals surface area contributed by atoms with Crippen LogP contribution in [-0.4, -0.2) is 0 Å². The largest absolute Gasteiger partial charge is 0.456 e. The molecule has 1 aromatic heterocycles. The minimum absolute atomic E-state index is 0.678. The number of hydrogen-bond donors (Lipinski definition) is 0. The summed E-state index contributed by atoms with van der Waals surface area (Å²) in [5.41, 5.74) is 3.33. The van der Waals surface area contributed by atoms with Gasteiger partial charge in [0.2, 0.25) is 0 Å². The molecule has 0 saturated heterocycles. The predicted molar refractivity (Wildman–Crippen MR) is 72.3 cm³/mol. The Morgan fingerprint density at radius 2 is 1.71 bits per heavy atom. The van der Waals surface area contributed by atoms with Crippen LogP contribution >= 0.6 is 0 Å². The van der Waals surface area contributed by atoms with Gasteiger partial charge in [0.25, 0.3) is 0 Å². The van der Waals surface area contributed by atoms with Crippen molar-refractivity contribution in [1.29, 1.82) is 0 Å². The molecular weight excluding hydrogens is 208 g/mol. The standard InChI is InChI=1S/C16H16O/c1-11(2)9-12-7-8-14-13-5-3-4-6-15(13)17-16(14)10-12/h3-8,10-11H,9H2,1-2H3. The molecule has 0 bridgehead atoms. The highest BCUT2D eigenvalue weighted by atomic mass is 16.3. The lowest BCUT2D eigenvalue weighted by Gasteiger charge is -2.03. The molecule has 3 aromatic rings. The van der Waals surface area contributed by atoms with E-state index < -0.39 is 0 Å². The summed E-state index contributed by atoms with van der Waals surface area (Å²) in [7, 11) is 0. The monoisotopic (exact) mass is 224 g/mol. The Bertz CT molecular complexity index is 661. The predicted octanol–water partition coefficient (Wildman–Crippen LogP) is 4.78. The topological polar surface area (TPSA) is 13.1 Å². The van der Waals surface area contributed by atoms with Crippen LogP contribution in [0.4, 0.5) is 0 Å². The van der Waals surface area contributed by atoms with Crippen LogP contribution in [0.15, 0.2) is 46.9 Å². The molecule has 0 aliphatic rings. The quantitative estimate of drug-likeness (QED) is 0.610. The minimum atomic E-state index is 0.678. The average Bonchev–Trinajstić information content (AvgIpc) is 2.65. The van der Waals surface area contributed by atoms with E-state index in [-0.39, 0.29) is 0 Å². The Hall–Kier alpha value is -1.76. The number of rotatable bonds is 2. The summed E-state index contributed by atoms with van der Waals surface area (Å²) >= 11 is 0. The van der Waals surface area contributed by atoms with Crippen molar-refractivity contribution >= 4 is 21.9 Å². The maximum absolute atomic E-state index is 5.87. The van der Waals surface area contributed by atoms with E-state index in [2.05, 4.69) is 44.2 Å². The van der Waals surface area contributed by atoms with Crippen molar-refractivity contribution in [2.75, 3.05) is 0 Å². The summed E-state index contributed by atoms with van der Waals surface area (Å²) in [4.78, 5) is 0. The van der Waals surface area contributed by atoms with Crippen molar-refractivity contribution in [3.63, 3.8) is 0 Å². The maximum atomic E-state index is 5.87. The normalized spacial score (nSPS) is 11.7. The molecule has 86 valence electrons. The molecule has 0 unspecified atom stereocenters. The van der Waals surface area contributed by atoms with Gasteiger partial charge in [-0.25, -0.2) is 0 Å². The first-order valence-electron chi connectivity index (χ1n) is 6.14. The van der Waals surface area contributed by atoms with Crippen molar-refractivity contribution in [2.45, 2.75) is 20.3 Å². The Labute approximate surface area is 101 Å². The molecule has 3 rings (SSSR count). The summed E-state index contributed by atoms with van der Waals surface area (Å²) in [6.45, 7) is 4.48. The molecule has 0 radical (unpaired) electrons. The molecule has 0 aliphatic heterocycles. The third kappa shape index (κ3) is 1.82. The molecule has 0 amide bonds. The smallest absolute Gasteiger partial charge is 0.135 e. The number of furan rings is 1. The van der Waals surface area contributed by atoms with Gasteiger partial charge < -0.3 is 4.42 Å². The van der Waals surface area contributed by atoms with Crippen molar-refractivity contribution in [3.8, 4) is 0 Å². The van der Waals surface area contributed by atoms with E-state index in [1.807, 2.05) is 12.1 Å². The maximum Gasteiger partial charge on any atom is 0.135 e. The molecule has 0 N–H and O–H groups in total. The van der Waals surface area contributed by atoms with Gasteiger partial charge in [0.1, 0.15) is 11.2 Å². The molecule has 2 aromatic carbocycles. The zero-order valence-electron chi connectivity index (χ0n) is 10.2. The third-order valence-electron chi connectivity index (χ3n) is 3.09. The number of benzene rings is 2. The molecule has 0 spiro atoms. The van der Waals surface area contributed by atoms with Crippen molar-refractivity contribution < 1.29 is 4.42 Å². The van der Waals surface area contributed by atoms with Gasteiger partial charge in [0, 0.05) is 10.8 Å². The van der Waals surface area contributed by atoms with E-state index in [1.165, 1.54) is 16.3 Å². The molecule has 0 fully saturated rings. The van der Waals surface area contributed by atoms with Crippen LogP contribution in [0.2, 0.25) is 0 Å². The van der Waals surface area contributed by atoms with E-state index in [1.54, 1.807) is 0 Å². The van der Waals surface area contributed by atoms with Gasteiger partial charge in [-0.3, -0.25) is 0 Å². The third-order valence-corrected chi connectivity index (χ3v) is 3.09. The fourth-order valence-corrected chi connectivity index (χ4v) is 2.37. The van der Waals surface area contributed by atoms with Gasteiger partial charge in [-0.2, -0.15) is 0 Å². The highest BCUT2D eigenvalue weighted by Gasteiger charge is 2.07. The first-order valence-corrected chi connectivity index (χ1v) is 6.14. The molecule has 0 atom stereocenters. The first kappa shape index (κ1) is 10.4. The zero-order valence-corrected chi connectivity index (χ0v) is 10.2. The molecule has 0 saturated carbocycles. The SMILES string of the molecule is CC(C)Cc1ccc2c(c1)oc1ccccc12. The summed E-state index contributed by atoms with van der Waals surface area (Å²) in [5, 5.41) is 2.42. The highest BCUT2D eigenvalue weighted by Crippen LogP contribution is 2.29. The second-order valence-electron chi connectivity index (χ2n) is 5.03. The molecular formula is C16H16O. The van der Waals surface area contributed by atoms with Crippen LogP contribution < -0.4 is 0 Å². The van der Waals surface area contributed by atoms with Crippen LogP contribution in [0, 0.1) is 5.92 Å². The Balaban J connectivity index is 2.20. The summed E-state index contributed by atoms with van der Waals surface area (Å²) in [6, 6.07) is 14.8. The molecule has 1 heteroatoms. The van der Waals surface area contributed by atoms with Gasteiger partial charge >= 0.3 is 0 Å².